The van der Waals surface area contributed by atoms with E-state index in [1.807, 2.05) is 45.0 Å². The molecule has 22 heavy (non-hydrogen) atoms. The second kappa shape index (κ2) is 8.79. The highest BCUT2D eigenvalue weighted by molar-refractivity contribution is 5.97. The fourth-order valence-electron chi connectivity index (χ4n) is 1.82. The Morgan fingerprint density at radius 2 is 1.86 bits per heavy atom. The average Bonchev–Trinajstić information content (AvgIpc) is 2.51. The molecule has 0 aliphatic rings. The number of nitrogens with one attached hydrogen (secondary N) is 1. The molecule has 0 aromatic heterocycles. The van der Waals surface area contributed by atoms with Gasteiger partial charge in [-0.15, -0.1) is 0 Å². The van der Waals surface area contributed by atoms with E-state index in [0.29, 0.717) is 25.6 Å². The van der Waals surface area contributed by atoms with Crippen molar-refractivity contribution >= 4 is 11.6 Å². The number of amides is 1. The zero-order valence-corrected chi connectivity index (χ0v) is 14.4. The zero-order valence-electron chi connectivity index (χ0n) is 14.4. The Balaban J connectivity index is 2.63. The van der Waals surface area contributed by atoms with Crippen molar-refractivity contribution in [2.75, 3.05) is 18.5 Å². The fourth-order valence-corrected chi connectivity index (χ4v) is 1.82. The zero-order chi connectivity index (χ0) is 16.6. The molecule has 4 heteroatoms. The minimum atomic E-state index is -0.789. The van der Waals surface area contributed by atoms with Crippen LogP contribution in [0.5, 0.6) is 5.75 Å². The van der Waals surface area contributed by atoms with Crippen molar-refractivity contribution in [1.82, 2.24) is 0 Å². The van der Waals surface area contributed by atoms with Crippen LogP contribution in [0.25, 0.3) is 0 Å². The van der Waals surface area contributed by atoms with Gasteiger partial charge in [-0.2, -0.15) is 0 Å². The number of hydrogen-bond acceptors (Lipinski definition) is 3. The summed E-state index contributed by atoms with van der Waals surface area (Å²) >= 11 is 0. The van der Waals surface area contributed by atoms with Crippen LogP contribution >= 0.6 is 0 Å². The van der Waals surface area contributed by atoms with Gasteiger partial charge in [-0.25, -0.2) is 0 Å². The molecule has 0 unspecified atom stereocenters. The van der Waals surface area contributed by atoms with E-state index in [2.05, 4.69) is 19.2 Å². The molecule has 0 bridgehead atoms. The summed E-state index contributed by atoms with van der Waals surface area (Å²) in [5.74, 6) is 1.19. The molecule has 4 nitrogen and oxygen atoms in total. The lowest BCUT2D eigenvalue weighted by Crippen LogP contribution is -2.42. The molecule has 0 fully saturated rings. The smallest absolute Gasteiger partial charge is 0.256 e. The van der Waals surface area contributed by atoms with Crippen LogP contribution in [0.15, 0.2) is 24.3 Å². The van der Waals surface area contributed by atoms with Gasteiger partial charge >= 0.3 is 0 Å². The quantitative estimate of drug-likeness (QED) is 0.741. The van der Waals surface area contributed by atoms with E-state index < -0.39 is 5.60 Å². The second-order valence-electron chi connectivity index (χ2n) is 6.12. The third-order valence-corrected chi connectivity index (χ3v) is 3.48. The maximum absolute atomic E-state index is 12.4. The van der Waals surface area contributed by atoms with Crippen LogP contribution in [0.3, 0.4) is 0 Å². The Kier molecular flexibility index (Phi) is 7.39. The van der Waals surface area contributed by atoms with Crippen molar-refractivity contribution in [3.8, 4) is 5.75 Å². The predicted molar refractivity (Wildman–Crippen MR) is 90.3 cm³/mol. The molecule has 0 spiro atoms. The van der Waals surface area contributed by atoms with E-state index in [1.165, 1.54) is 0 Å². The molecule has 1 N–H and O–H groups in total. The van der Waals surface area contributed by atoms with Crippen molar-refractivity contribution in [3.63, 3.8) is 0 Å². The van der Waals surface area contributed by atoms with Gasteiger partial charge in [0.1, 0.15) is 11.4 Å². The monoisotopic (exact) mass is 307 g/mol. The van der Waals surface area contributed by atoms with Gasteiger partial charge in [0.15, 0.2) is 0 Å². The summed E-state index contributed by atoms with van der Waals surface area (Å²) in [6.45, 7) is 11.3. The molecule has 0 heterocycles. The van der Waals surface area contributed by atoms with Crippen LogP contribution in [0, 0.1) is 5.92 Å². The van der Waals surface area contributed by atoms with Gasteiger partial charge in [-0.3, -0.25) is 4.79 Å². The summed E-state index contributed by atoms with van der Waals surface area (Å²) < 4.78 is 11.3. The molecule has 1 atom stereocenters. The lowest BCUT2D eigenvalue weighted by molar-refractivity contribution is -0.139. The Bertz CT molecular complexity index is 456. The van der Waals surface area contributed by atoms with E-state index in [0.717, 1.165) is 17.9 Å². The standard InChI is InChI=1S/C18H29NO3/c1-6-12-22-18(5,7-2)17(20)19-15-8-10-16(11-9-15)21-13-14(3)4/h8-11,14H,6-7,12-13H2,1-5H3,(H,19,20)/t18-/m0/s1. The summed E-state index contributed by atoms with van der Waals surface area (Å²) in [7, 11) is 0. The molecule has 1 aromatic carbocycles. The van der Waals surface area contributed by atoms with Gasteiger partial charge in [-0.1, -0.05) is 27.7 Å². The number of carbonyl (C=O) groups is 1. The second-order valence-corrected chi connectivity index (χ2v) is 6.12. The Labute approximate surface area is 134 Å². The summed E-state index contributed by atoms with van der Waals surface area (Å²) in [6, 6.07) is 7.44. The molecule has 1 amide bonds. The molecule has 0 aliphatic carbocycles. The first-order valence-electron chi connectivity index (χ1n) is 8.09. The first-order valence-corrected chi connectivity index (χ1v) is 8.09. The molecule has 1 aromatic rings. The highest BCUT2D eigenvalue weighted by atomic mass is 16.5. The van der Waals surface area contributed by atoms with Gasteiger partial charge < -0.3 is 14.8 Å². The van der Waals surface area contributed by atoms with Crippen molar-refractivity contribution in [2.45, 2.75) is 53.1 Å². The molecule has 124 valence electrons. The molecule has 0 saturated heterocycles. The minimum Gasteiger partial charge on any atom is -0.493 e. The number of ether oxygens (including phenoxy) is 2. The summed E-state index contributed by atoms with van der Waals surface area (Å²) in [6.07, 6.45) is 1.53. The molecule has 0 aliphatic heterocycles. The topological polar surface area (TPSA) is 47.6 Å². The van der Waals surface area contributed by atoms with Crippen LogP contribution in [-0.2, 0) is 9.53 Å². The fraction of sp³-hybridized carbons (Fsp3) is 0.611. The van der Waals surface area contributed by atoms with Crippen LogP contribution in [0.2, 0.25) is 0 Å². The van der Waals surface area contributed by atoms with Crippen LogP contribution in [0.1, 0.15) is 47.5 Å². The number of carbonyl (C=O) groups excluding carboxylic acids is 1. The molecular weight excluding hydrogens is 278 g/mol. The van der Waals surface area contributed by atoms with E-state index in [1.54, 1.807) is 0 Å². The lowest BCUT2D eigenvalue weighted by atomic mass is 10.0. The summed E-state index contributed by atoms with van der Waals surface area (Å²) in [4.78, 5) is 12.4. The molecular formula is C18H29NO3. The maximum Gasteiger partial charge on any atom is 0.256 e. The average molecular weight is 307 g/mol. The third kappa shape index (κ3) is 5.68. The largest absolute Gasteiger partial charge is 0.493 e. The van der Waals surface area contributed by atoms with Crippen molar-refractivity contribution in [1.29, 1.82) is 0 Å². The maximum atomic E-state index is 12.4. The van der Waals surface area contributed by atoms with E-state index in [4.69, 9.17) is 9.47 Å². The number of anilines is 1. The van der Waals surface area contributed by atoms with Gasteiger partial charge in [0.05, 0.1) is 6.61 Å². The molecule has 1 rings (SSSR count). The Morgan fingerprint density at radius 1 is 1.23 bits per heavy atom. The third-order valence-electron chi connectivity index (χ3n) is 3.48. The highest BCUT2D eigenvalue weighted by Gasteiger charge is 2.32. The van der Waals surface area contributed by atoms with Gasteiger partial charge in [0.2, 0.25) is 0 Å². The first-order chi connectivity index (χ1) is 10.4. The van der Waals surface area contributed by atoms with E-state index in [9.17, 15) is 4.79 Å². The van der Waals surface area contributed by atoms with Crippen molar-refractivity contribution in [2.24, 2.45) is 5.92 Å². The van der Waals surface area contributed by atoms with Gasteiger partial charge in [0.25, 0.3) is 5.91 Å². The van der Waals surface area contributed by atoms with Crippen molar-refractivity contribution in [3.05, 3.63) is 24.3 Å². The van der Waals surface area contributed by atoms with Crippen molar-refractivity contribution < 1.29 is 14.3 Å². The number of hydrogen-bond donors (Lipinski definition) is 1. The Hall–Kier alpha value is -1.55. The molecule has 0 radical (unpaired) electrons. The van der Waals surface area contributed by atoms with E-state index >= 15 is 0 Å². The molecule has 0 saturated carbocycles. The minimum absolute atomic E-state index is 0.112. The Morgan fingerprint density at radius 3 is 2.36 bits per heavy atom. The SMILES string of the molecule is CCCO[C@@](C)(CC)C(=O)Nc1ccc(OCC(C)C)cc1. The summed E-state index contributed by atoms with van der Waals surface area (Å²) in [5, 5.41) is 2.91. The first kappa shape index (κ1) is 18.5. The number of benzene rings is 1. The van der Waals surface area contributed by atoms with E-state index in [-0.39, 0.29) is 5.91 Å². The van der Waals surface area contributed by atoms with Crippen LogP contribution in [0.4, 0.5) is 5.69 Å². The van der Waals surface area contributed by atoms with Gasteiger partial charge in [-0.05, 0) is 49.9 Å². The van der Waals surface area contributed by atoms with Crippen LogP contribution < -0.4 is 10.1 Å². The van der Waals surface area contributed by atoms with Gasteiger partial charge in [0, 0.05) is 12.3 Å². The summed E-state index contributed by atoms with van der Waals surface area (Å²) in [5.41, 5.74) is -0.0373. The highest BCUT2D eigenvalue weighted by Crippen LogP contribution is 2.21. The van der Waals surface area contributed by atoms with Crippen LogP contribution in [-0.4, -0.2) is 24.7 Å². The predicted octanol–water partition coefficient (Wildman–Crippen LogP) is 4.26. The lowest BCUT2D eigenvalue weighted by Gasteiger charge is -2.27. The number of rotatable bonds is 9. The normalized spacial score (nSPS) is 13.7.